The summed E-state index contributed by atoms with van der Waals surface area (Å²) in [4.78, 5) is 14.0. The summed E-state index contributed by atoms with van der Waals surface area (Å²) >= 11 is 11.9. The van der Waals surface area contributed by atoms with E-state index in [9.17, 15) is 9.90 Å². The smallest absolute Gasteiger partial charge is 0.317 e. The Morgan fingerprint density at radius 3 is 2.73 bits per heavy atom. The fraction of sp³-hybridized carbons (Fsp3) is 0.562. The quantitative estimate of drug-likeness (QED) is 0.879. The minimum absolute atomic E-state index is 0.0709. The summed E-state index contributed by atoms with van der Waals surface area (Å²) in [6, 6.07) is 5.32. The van der Waals surface area contributed by atoms with E-state index >= 15 is 0 Å². The van der Waals surface area contributed by atoms with Crippen LogP contribution in [-0.2, 0) is 6.42 Å². The first kappa shape index (κ1) is 17.4. The van der Waals surface area contributed by atoms with E-state index in [2.05, 4.69) is 5.32 Å². The van der Waals surface area contributed by atoms with E-state index in [4.69, 9.17) is 23.2 Å². The van der Waals surface area contributed by atoms with Gasteiger partial charge in [-0.25, -0.2) is 4.79 Å². The molecule has 1 aromatic carbocycles. The molecule has 1 aliphatic rings. The van der Waals surface area contributed by atoms with E-state index in [0.29, 0.717) is 29.6 Å². The summed E-state index contributed by atoms with van der Waals surface area (Å²) in [5.41, 5.74) is 0.998. The van der Waals surface area contributed by atoms with Crippen molar-refractivity contribution in [3.05, 3.63) is 33.8 Å². The molecule has 0 spiro atoms. The van der Waals surface area contributed by atoms with Crippen LogP contribution in [0.2, 0.25) is 10.0 Å². The van der Waals surface area contributed by atoms with Crippen molar-refractivity contribution in [1.29, 1.82) is 0 Å². The van der Waals surface area contributed by atoms with E-state index < -0.39 is 0 Å². The zero-order valence-corrected chi connectivity index (χ0v) is 14.2. The number of piperidine rings is 1. The van der Waals surface area contributed by atoms with Gasteiger partial charge < -0.3 is 15.3 Å². The monoisotopic (exact) mass is 344 g/mol. The zero-order chi connectivity index (χ0) is 16.1. The molecule has 0 saturated carbocycles. The maximum Gasteiger partial charge on any atom is 0.317 e. The summed E-state index contributed by atoms with van der Waals surface area (Å²) in [5.74, 6) is 0.172. The maximum absolute atomic E-state index is 12.2. The van der Waals surface area contributed by atoms with Gasteiger partial charge in [-0.2, -0.15) is 0 Å². The Balaban J connectivity index is 1.80. The molecule has 0 radical (unpaired) electrons. The molecule has 1 saturated heterocycles. The Bertz CT molecular complexity index is 503. The lowest BCUT2D eigenvalue weighted by molar-refractivity contribution is 0.0740. The molecule has 1 aliphatic heterocycles. The molecular formula is C16H22Cl2N2O2. The van der Waals surface area contributed by atoms with Gasteiger partial charge in [0.25, 0.3) is 0 Å². The van der Waals surface area contributed by atoms with Gasteiger partial charge in [-0.15, -0.1) is 0 Å². The molecule has 1 heterocycles. The lowest BCUT2D eigenvalue weighted by Gasteiger charge is -2.34. The van der Waals surface area contributed by atoms with Crippen molar-refractivity contribution in [3.63, 3.8) is 0 Å². The number of benzene rings is 1. The third kappa shape index (κ3) is 5.04. The van der Waals surface area contributed by atoms with Crippen LogP contribution in [0.1, 0.15) is 25.3 Å². The van der Waals surface area contributed by atoms with Gasteiger partial charge in [-0.05, 0) is 49.9 Å². The van der Waals surface area contributed by atoms with Crippen molar-refractivity contribution in [1.82, 2.24) is 10.2 Å². The van der Waals surface area contributed by atoms with E-state index in [1.807, 2.05) is 12.1 Å². The van der Waals surface area contributed by atoms with Crippen LogP contribution in [0.15, 0.2) is 18.2 Å². The Hall–Kier alpha value is -0.970. The second-order valence-electron chi connectivity index (χ2n) is 5.85. The van der Waals surface area contributed by atoms with Gasteiger partial charge in [0.15, 0.2) is 0 Å². The number of hydrogen-bond donors (Lipinski definition) is 2. The van der Waals surface area contributed by atoms with Gasteiger partial charge >= 0.3 is 6.03 Å². The third-order valence-corrected chi connectivity index (χ3v) is 4.48. The maximum atomic E-state index is 12.2. The van der Waals surface area contributed by atoms with E-state index in [-0.39, 0.29) is 18.1 Å². The lowest BCUT2D eigenvalue weighted by Crippen LogP contribution is -2.47. The van der Waals surface area contributed by atoms with Gasteiger partial charge in [0.05, 0.1) is 6.10 Å². The number of nitrogens with zero attached hydrogens (tertiary/aromatic N) is 1. The summed E-state index contributed by atoms with van der Waals surface area (Å²) in [7, 11) is 0. The van der Waals surface area contributed by atoms with Gasteiger partial charge in [0.1, 0.15) is 0 Å². The molecule has 0 aliphatic carbocycles. The first-order chi connectivity index (χ1) is 10.5. The molecule has 0 unspecified atom stereocenters. The molecule has 2 N–H and O–H groups in total. The first-order valence-corrected chi connectivity index (χ1v) is 8.37. The molecule has 22 heavy (non-hydrogen) atoms. The Labute approximate surface area is 141 Å². The molecule has 122 valence electrons. The Morgan fingerprint density at radius 2 is 2.09 bits per heavy atom. The topological polar surface area (TPSA) is 52.6 Å². The van der Waals surface area contributed by atoms with Crippen molar-refractivity contribution in [2.45, 2.75) is 32.3 Å². The Kier molecular flexibility index (Phi) is 6.36. The van der Waals surface area contributed by atoms with E-state index in [0.717, 1.165) is 24.9 Å². The average Bonchev–Trinajstić information content (AvgIpc) is 2.46. The molecule has 6 heteroatoms. The second kappa shape index (κ2) is 8.04. The number of hydrogen-bond acceptors (Lipinski definition) is 2. The average molecular weight is 345 g/mol. The number of likely N-dealkylation sites (tertiary alicyclic amines) is 1. The molecule has 4 nitrogen and oxygen atoms in total. The zero-order valence-electron chi connectivity index (χ0n) is 12.7. The summed E-state index contributed by atoms with van der Waals surface area (Å²) in [6.07, 6.45) is 2.22. The van der Waals surface area contributed by atoms with Crippen LogP contribution >= 0.6 is 23.2 Å². The van der Waals surface area contributed by atoms with E-state index in [1.54, 1.807) is 17.9 Å². The number of halogens is 2. The van der Waals surface area contributed by atoms with Crippen LogP contribution in [0.5, 0.6) is 0 Å². The minimum Gasteiger partial charge on any atom is -0.393 e. The number of aliphatic hydroxyl groups excluding tert-OH is 1. The molecule has 1 fully saturated rings. The Morgan fingerprint density at radius 1 is 1.41 bits per heavy atom. The highest BCUT2D eigenvalue weighted by molar-refractivity contribution is 6.34. The summed E-state index contributed by atoms with van der Waals surface area (Å²) < 4.78 is 0. The van der Waals surface area contributed by atoms with Crippen LogP contribution in [-0.4, -0.2) is 41.8 Å². The van der Waals surface area contributed by atoms with Crippen molar-refractivity contribution >= 4 is 29.2 Å². The molecule has 1 aromatic rings. The van der Waals surface area contributed by atoms with Crippen LogP contribution in [0.4, 0.5) is 4.79 Å². The van der Waals surface area contributed by atoms with Crippen LogP contribution in [0, 0.1) is 5.92 Å². The standard InChI is InChI=1S/C16H22Cl2N2O2/c1-11(21)13-3-2-6-20(10-13)16(22)19-5-4-12-7-14(17)9-15(18)8-12/h7-9,11,13,21H,2-6,10H2,1H3,(H,19,22)/t11-,13+/m1/s1. The highest BCUT2D eigenvalue weighted by atomic mass is 35.5. The molecule has 2 rings (SSSR count). The van der Waals surface area contributed by atoms with Crippen molar-refractivity contribution in [2.24, 2.45) is 5.92 Å². The van der Waals surface area contributed by atoms with Crippen molar-refractivity contribution < 1.29 is 9.90 Å². The summed E-state index contributed by atoms with van der Waals surface area (Å²) in [6.45, 7) is 3.69. The molecule has 0 bridgehead atoms. The number of nitrogens with one attached hydrogen (secondary N) is 1. The number of aliphatic hydroxyl groups is 1. The van der Waals surface area contributed by atoms with Crippen LogP contribution < -0.4 is 5.32 Å². The second-order valence-corrected chi connectivity index (χ2v) is 6.72. The molecule has 2 amide bonds. The van der Waals surface area contributed by atoms with Gasteiger partial charge in [0.2, 0.25) is 0 Å². The third-order valence-electron chi connectivity index (χ3n) is 4.04. The number of carbonyl (C=O) groups is 1. The predicted molar refractivity (Wildman–Crippen MR) is 89.5 cm³/mol. The van der Waals surface area contributed by atoms with Gasteiger partial charge in [-0.3, -0.25) is 0 Å². The number of rotatable bonds is 4. The highest BCUT2D eigenvalue weighted by Crippen LogP contribution is 2.20. The molecule has 0 aromatic heterocycles. The van der Waals surface area contributed by atoms with Crippen LogP contribution in [0.25, 0.3) is 0 Å². The number of urea groups is 1. The van der Waals surface area contributed by atoms with Crippen LogP contribution in [0.3, 0.4) is 0 Å². The molecular weight excluding hydrogens is 323 g/mol. The summed E-state index contributed by atoms with van der Waals surface area (Å²) in [5, 5.41) is 13.8. The number of amides is 2. The lowest BCUT2D eigenvalue weighted by atomic mass is 9.94. The van der Waals surface area contributed by atoms with E-state index in [1.165, 1.54) is 0 Å². The largest absolute Gasteiger partial charge is 0.393 e. The van der Waals surface area contributed by atoms with Crippen molar-refractivity contribution in [3.8, 4) is 0 Å². The minimum atomic E-state index is -0.371. The SMILES string of the molecule is C[C@@H](O)[C@H]1CCCN(C(=O)NCCc2cc(Cl)cc(Cl)c2)C1. The van der Waals surface area contributed by atoms with Crippen molar-refractivity contribution in [2.75, 3.05) is 19.6 Å². The first-order valence-electron chi connectivity index (χ1n) is 7.61. The molecule has 2 atom stereocenters. The number of carbonyl (C=O) groups excluding carboxylic acids is 1. The fourth-order valence-electron chi connectivity index (χ4n) is 2.77. The normalized spacial score (nSPS) is 19.8. The van der Waals surface area contributed by atoms with Gasteiger partial charge in [-0.1, -0.05) is 23.2 Å². The highest BCUT2D eigenvalue weighted by Gasteiger charge is 2.26. The predicted octanol–water partition coefficient (Wildman–Crippen LogP) is 3.34. The van der Waals surface area contributed by atoms with Gasteiger partial charge in [0, 0.05) is 35.6 Å². The fourth-order valence-corrected chi connectivity index (χ4v) is 3.34.